The minimum absolute atomic E-state index is 0.0163. The molecule has 0 aliphatic rings. The molecule has 3 aromatic rings. The van der Waals surface area contributed by atoms with Crippen LogP contribution in [-0.2, 0) is 26.5 Å². The number of nitrogens with one attached hydrogen (secondary N) is 2. The fourth-order valence-corrected chi connectivity index (χ4v) is 4.71. The molecule has 0 heterocycles. The second-order valence-corrected chi connectivity index (χ2v) is 10.9. The standard InChI is InChI=1S/C23H25N3O5S2/c1-16-3-8-19(9-4-16)26-33(30,31)21-10-5-17(2)22(15-21)23(27)25-14-13-18-6-11-20(12-7-18)32(24,28)29/h3-12,15,26H,13-14H2,1-2H3,(H,25,27)(H2,24,28,29). The van der Waals surface area contributed by atoms with Crippen LogP contribution in [0.15, 0.2) is 76.5 Å². The van der Waals surface area contributed by atoms with Crippen molar-refractivity contribution >= 4 is 31.6 Å². The normalized spacial score (nSPS) is 11.7. The summed E-state index contributed by atoms with van der Waals surface area (Å²) in [6.45, 7) is 3.92. The summed E-state index contributed by atoms with van der Waals surface area (Å²) < 4.78 is 50.7. The second-order valence-electron chi connectivity index (χ2n) is 7.64. The number of hydrogen-bond acceptors (Lipinski definition) is 5. The fourth-order valence-electron chi connectivity index (χ4n) is 3.11. The third kappa shape index (κ3) is 6.41. The Labute approximate surface area is 193 Å². The Morgan fingerprint density at radius 3 is 2.06 bits per heavy atom. The van der Waals surface area contributed by atoms with Crippen molar-refractivity contribution in [3.05, 3.63) is 89.0 Å². The maximum Gasteiger partial charge on any atom is 0.261 e. The maximum absolute atomic E-state index is 12.8. The van der Waals surface area contributed by atoms with E-state index < -0.39 is 26.0 Å². The summed E-state index contributed by atoms with van der Waals surface area (Å²) in [5.74, 6) is -0.402. The van der Waals surface area contributed by atoms with Crippen LogP contribution in [0.25, 0.3) is 0 Å². The predicted molar refractivity (Wildman–Crippen MR) is 127 cm³/mol. The molecule has 0 saturated heterocycles. The molecule has 0 saturated carbocycles. The topological polar surface area (TPSA) is 135 Å². The first-order chi connectivity index (χ1) is 15.5. The number of carbonyl (C=O) groups excluding carboxylic acids is 1. The van der Waals surface area contributed by atoms with Crippen molar-refractivity contribution in [2.45, 2.75) is 30.1 Å². The summed E-state index contributed by atoms with van der Waals surface area (Å²) in [7, 11) is -7.62. The predicted octanol–water partition coefficient (Wildman–Crippen LogP) is 2.72. The Bertz CT molecular complexity index is 1370. The third-order valence-electron chi connectivity index (χ3n) is 5.02. The highest BCUT2D eigenvalue weighted by Crippen LogP contribution is 2.20. The van der Waals surface area contributed by atoms with Gasteiger partial charge >= 0.3 is 0 Å². The van der Waals surface area contributed by atoms with Gasteiger partial charge in [-0.3, -0.25) is 9.52 Å². The molecule has 0 radical (unpaired) electrons. The number of sulfonamides is 2. The van der Waals surface area contributed by atoms with Gasteiger partial charge < -0.3 is 5.32 Å². The average molecular weight is 488 g/mol. The second kappa shape index (κ2) is 9.74. The van der Waals surface area contributed by atoms with Gasteiger partial charge in [-0.25, -0.2) is 22.0 Å². The highest BCUT2D eigenvalue weighted by Gasteiger charge is 2.18. The van der Waals surface area contributed by atoms with E-state index in [1.165, 1.54) is 24.3 Å². The van der Waals surface area contributed by atoms with E-state index in [9.17, 15) is 21.6 Å². The van der Waals surface area contributed by atoms with Gasteiger partial charge in [0.25, 0.3) is 15.9 Å². The summed E-state index contributed by atoms with van der Waals surface area (Å²) in [5.41, 5.74) is 3.15. The van der Waals surface area contributed by atoms with Gasteiger partial charge in [0.15, 0.2) is 0 Å². The highest BCUT2D eigenvalue weighted by atomic mass is 32.2. The van der Waals surface area contributed by atoms with E-state index in [0.717, 1.165) is 11.1 Å². The fraction of sp³-hybridized carbons (Fsp3) is 0.174. The van der Waals surface area contributed by atoms with E-state index in [1.54, 1.807) is 49.4 Å². The number of amides is 1. The minimum atomic E-state index is -3.87. The smallest absolute Gasteiger partial charge is 0.261 e. The lowest BCUT2D eigenvalue weighted by Gasteiger charge is -2.12. The summed E-state index contributed by atoms with van der Waals surface area (Å²) in [6.07, 6.45) is 0.461. The molecule has 0 aliphatic heterocycles. The molecule has 174 valence electrons. The number of carbonyl (C=O) groups is 1. The van der Waals surface area contributed by atoms with Crippen LogP contribution < -0.4 is 15.2 Å². The van der Waals surface area contributed by atoms with Gasteiger partial charge in [0.2, 0.25) is 10.0 Å². The number of anilines is 1. The zero-order chi connectivity index (χ0) is 24.2. The Morgan fingerprint density at radius 1 is 0.848 bits per heavy atom. The first kappa shape index (κ1) is 24.4. The van der Waals surface area contributed by atoms with Crippen molar-refractivity contribution in [3.8, 4) is 0 Å². The van der Waals surface area contributed by atoms with Crippen LogP contribution in [0.3, 0.4) is 0 Å². The molecule has 1 amide bonds. The molecule has 3 rings (SSSR count). The Kier molecular flexibility index (Phi) is 7.21. The molecule has 3 aromatic carbocycles. The SMILES string of the molecule is Cc1ccc(NS(=O)(=O)c2ccc(C)c(C(=O)NCCc3ccc(S(N)(=O)=O)cc3)c2)cc1. The third-order valence-corrected chi connectivity index (χ3v) is 7.33. The van der Waals surface area contributed by atoms with Crippen LogP contribution in [-0.4, -0.2) is 29.3 Å². The van der Waals surface area contributed by atoms with E-state index in [2.05, 4.69) is 10.0 Å². The molecule has 0 unspecified atom stereocenters. The van der Waals surface area contributed by atoms with E-state index in [4.69, 9.17) is 5.14 Å². The summed E-state index contributed by atoms with van der Waals surface area (Å²) >= 11 is 0. The number of benzene rings is 3. The van der Waals surface area contributed by atoms with Gasteiger partial charge in [-0.1, -0.05) is 35.9 Å². The number of rotatable bonds is 8. The van der Waals surface area contributed by atoms with Crippen molar-refractivity contribution in [1.82, 2.24) is 5.32 Å². The number of hydrogen-bond donors (Lipinski definition) is 3. The first-order valence-electron chi connectivity index (χ1n) is 10.1. The molecule has 33 heavy (non-hydrogen) atoms. The van der Waals surface area contributed by atoms with Crippen LogP contribution in [0.2, 0.25) is 0 Å². The molecule has 0 atom stereocenters. The number of nitrogens with two attached hydrogens (primary N) is 1. The van der Waals surface area contributed by atoms with Crippen molar-refractivity contribution < 1.29 is 21.6 Å². The largest absolute Gasteiger partial charge is 0.352 e. The minimum Gasteiger partial charge on any atom is -0.352 e. The molecular weight excluding hydrogens is 462 g/mol. The number of primary sulfonamides is 1. The van der Waals surface area contributed by atoms with E-state index >= 15 is 0 Å². The zero-order valence-electron chi connectivity index (χ0n) is 18.2. The monoisotopic (exact) mass is 487 g/mol. The molecule has 0 bridgehead atoms. The lowest BCUT2D eigenvalue weighted by molar-refractivity contribution is 0.0953. The van der Waals surface area contributed by atoms with E-state index in [-0.39, 0.29) is 21.9 Å². The molecule has 0 fully saturated rings. The Hall–Kier alpha value is -3.21. The van der Waals surface area contributed by atoms with E-state index in [1.807, 2.05) is 6.92 Å². The Balaban J connectivity index is 1.68. The van der Waals surface area contributed by atoms with Crippen LogP contribution >= 0.6 is 0 Å². The van der Waals surface area contributed by atoms with Gasteiger partial charge in [-0.15, -0.1) is 0 Å². The van der Waals surface area contributed by atoms with Gasteiger partial charge in [-0.2, -0.15) is 0 Å². The molecule has 10 heteroatoms. The van der Waals surface area contributed by atoms with Crippen molar-refractivity contribution in [1.29, 1.82) is 0 Å². The van der Waals surface area contributed by atoms with Crippen molar-refractivity contribution in [3.63, 3.8) is 0 Å². The quantitative estimate of drug-likeness (QED) is 0.449. The van der Waals surface area contributed by atoms with Crippen LogP contribution in [0.4, 0.5) is 5.69 Å². The summed E-state index contributed by atoms with van der Waals surface area (Å²) in [6, 6.07) is 17.4. The number of aryl methyl sites for hydroxylation is 2. The molecule has 4 N–H and O–H groups in total. The van der Waals surface area contributed by atoms with Crippen LogP contribution in [0.1, 0.15) is 27.0 Å². The lowest BCUT2D eigenvalue weighted by Crippen LogP contribution is -2.27. The maximum atomic E-state index is 12.8. The van der Waals surface area contributed by atoms with Gasteiger partial charge in [0, 0.05) is 17.8 Å². The van der Waals surface area contributed by atoms with Crippen molar-refractivity contribution in [2.75, 3.05) is 11.3 Å². The average Bonchev–Trinajstić information content (AvgIpc) is 2.75. The highest BCUT2D eigenvalue weighted by molar-refractivity contribution is 7.92. The van der Waals surface area contributed by atoms with Crippen molar-refractivity contribution in [2.24, 2.45) is 5.14 Å². The summed E-state index contributed by atoms with van der Waals surface area (Å²) in [5, 5.41) is 7.86. The van der Waals surface area contributed by atoms with E-state index in [0.29, 0.717) is 17.7 Å². The van der Waals surface area contributed by atoms with Crippen LogP contribution in [0, 0.1) is 13.8 Å². The molecular formula is C23H25N3O5S2. The molecule has 0 aromatic heterocycles. The van der Waals surface area contributed by atoms with Crippen LogP contribution in [0.5, 0.6) is 0 Å². The molecule has 0 aliphatic carbocycles. The van der Waals surface area contributed by atoms with Gasteiger partial charge in [0.1, 0.15) is 0 Å². The van der Waals surface area contributed by atoms with Gasteiger partial charge in [0.05, 0.1) is 9.79 Å². The lowest BCUT2D eigenvalue weighted by atomic mass is 10.1. The molecule has 0 spiro atoms. The summed E-state index contributed by atoms with van der Waals surface area (Å²) in [4.78, 5) is 12.7. The van der Waals surface area contributed by atoms with Gasteiger partial charge in [-0.05, 0) is 67.8 Å². The zero-order valence-corrected chi connectivity index (χ0v) is 19.8. The molecule has 8 nitrogen and oxygen atoms in total. The first-order valence-corrected chi connectivity index (χ1v) is 13.1. The Morgan fingerprint density at radius 2 is 1.45 bits per heavy atom.